The molecule has 0 N–H and O–H groups in total. The Hall–Kier alpha value is -2.14. The van der Waals surface area contributed by atoms with E-state index in [4.69, 9.17) is 0 Å². The predicted octanol–water partition coefficient (Wildman–Crippen LogP) is 4.11. The zero-order valence-electron chi connectivity index (χ0n) is 10.3. The Bertz CT molecular complexity index is 645. The summed E-state index contributed by atoms with van der Waals surface area (Å²) in [5, 5.41) is 8.24. The molecule has 0 spiro atoms. The van der Waals surface area contributed by atoms with E-state index in [0.717, 1.165) is 15.6 Å². The smallest absolute Gasteiger partial charge is 0.181 e. The van der Waals surface area contributed by atoms with Crippen molar-refractivity contribution in [2.75, 3.05) is 0 Å². The van der Waals surface area contributed by atoms with Crippen molar-refractivity contribution >= 4 is 15.9 Å². The summed E-state index contributed by atoms with van der Waals surface area (Å²) in [5.74, 6) is 0.194. The molecule has 3 rings (SSSR count). The summed E-state index contributed by atoms with van der Waals surface area (Å²) in [4.78, 5) is 4.27. The molecule has 0 radical (unpaired) electrons. The molecule has 0 saturated heterocycles. The standard InChI is InChI=1S/C15H9BrFN3/c16-12-5-1-10(2-6-12)14-9-18-15(20-19-14)11-3-7-13(17)8-4-11/h1-9H. The molecule has 98 valence electrons. The van der Waals surface area contributed by atoms with Gasteiger partial charge in [-0.3, -0.25) is 0 Å². The van der Waals surface area contributed by atoms with Crippen LogP contribution in [-0.2, 0) is 0 Å². The Kier molecular flexibility index (Phi) is 3.52. The van der Waals surface area contributed by atoms with Crippen molar-refractivity contribution in [1.29, 1.82) is 0 Å². The van der Waals surface area contributed by atoms with Crippen LogP contribution < -0.4 is 0 Å². The van der Waals surface area contributed by atoms with E-state index in [-0.39, 0.29) is 5.82 Å². The molecule has 0 unspecified atom stereocenters. The number of nitrogens with zero attached hydrogens (tertiary/aromatic N) is 3. The summed E-state index contributed by atoms with van der Waals surface area (Å²) in [6.07, 6.45) is 1.66. The Morgan fingerprint density at radius 3 is 2.05 bits per heavy atom. The molecule has 2 aromatic carbocycles. The number of rotatable bonds is 2. The lowest BCUT2D eigenvalue weighted by molar-refractivity contribution is 0.628. The topological polar surface area (TPSA) is 38.7 Å². The van der Waals surface area contributed by atoms with Crippen LogP contribution in [0.4, 0.5) is 4.39 Å². The van der Waals surface area contributed by atoms with Gasteiger partial charge < -0.3 is 0 Å². The van der Waals surface area contributed by atoms with Gasteiger partial charge in [-0.05, 0) is 36.4 Å². The number of hydrogen-bond acceptors (Lipinski definition) is 3. The van der Waals surface area contributed by atoms with E-state index in [1.54, 1.807) is 18.3 Å². The van der Waals surface area contributed by atoms with Crippen molar-refractivity contribution < 1.29 is 4.39 Å². The van der Waals surface area contributed by atoms with Gasteiger partial charge in [0.15, 0.2) is 5.82 Å². The number of aromatic nitrogens is 3. The van der Waals surface area contributed by atoms with Gasteiger partial charge in [-0.2, -0.15) is 0 Å². The lowest BCUT2D eigenvalue weighted by atomic mass is 10.2. The van der Waals surface area contributed by atoms with Crippen molar-refractivity contribution in [2.45, 2.75) is 0 Å². The van der Waals surface area contributed by atoms with E-state index in [0.29, 0.717) is 11.5 Å². The van der Waals surface area contributed by atoms with E-state index in [9.17, 15) is 4.39 Å². The van der Waals surface area contributed by atoms with E-state index >= 15 is 0 Å². The van der Waals surface area contributed by atoms with Crippen LogP contribution in [0.5, 0.6) is 0 Å². The summed E-state index contributed by atoms with van der Waals surface area (Å²) in [6.45, 7) is 0. The third-order valence-corrected chi connectivity index (χ3v) is 3.33. The highest BCUT2D eigenvalue weighted by atomic mass is 79.9. The summed E-state index contributed by atoms with van der Waals surface area (Å²) < 4.78 is 13.9. The van der Waals surface area contributed by atoms with E-state index in [1.807, 2.05) is 24.3 Å². The first-order valence-corrected chi connectivity index (χ1v) is 6.73. The molecule has 0 aliphatic rings. The molecule has 0 amide bonds. The molecular weight excluding hydrogens is 321 g/mol. The summed E-state index contributed by atoms with van der Waals surface area (Å²) in [6, 6.07) is 13.8. The third kappa shape index (κ3) is 2.72. The van der Waals surface area contributed by atoms with Crippen LogP contribution in [-0.4, -0.2) is 15.2 Å². The maximum Gasteiger partial charge on any atom is 0.181 e. The van der Waals surface area contributed by atoms with Crippen molar-refractivity contribution in [3.63, 3.8) is 0 Å². The SMILES string of the molecule is Fc1ccc(-c2ncc(-c3ccc(Br)cc3)nn2)cc1. The monoisotopic (exact) mass is 329 g/mol. The highest BCUT2D eigenvalue weighted by Crippen LogP contribution is 2.20. The van der Waals surface area contributed by atoms with Gasteiger partial charge in [0.05, 0.1) is 6.20 Å². The lowest BCUT2D eigenvalue weighted by Crippen LogP contribution is -1.94. The second kappa shape index (κ2) is 5.46. The van der Waals surface area contributed by atoms with Gasteiger partial charge in [0.2, 0.25) is 0 Å². The van der Waals surface area contributed by atoms with Gasteiger partial charge in [0.1, 0.15) is 11.5 Å². The van der Waals surface area contributed by atoms with Gasteiger partial charge >= 0.3 is 0 Å². The minimum atomic E-state index is -0.284. The fourth-order valence-corrected chi connectivity index (χ4v) is 2.02. The van der Waals surface area contributed by atoms with Crippen LogP contribution in [0.1, 0.15) is 0 Å². The molecule has 0 bridgehead atoms. The molecule has 0 aliphatic carbocycles. The molecule has 5 heteroatoms. The molecule has 3 nitrogen and oxygen atoms in total. The average Bonchev–Trinajstić information content (AvgIpc) is 2.49. The Morgan fingerprint density at radius 1 is 0.800 bits per heavy atom. The summed E-state index contributed by atoms with van der Waals surface area (Å²) in [5.41, 5.74) is 2.38. The first kappa shape index (κ1) is 12.9. The second-order valence-electron chi connectivity index (χ2n) is 4.18. The second-order valence-corrected chi connectivity index (χ2v) is 5.10. The molecule has 0 atom stereocenters. The van der Waals surface area contributed by atoms with Gasteiger partial charge in [-0.1, -0.05) is 28.1 Å². The molecular formula is C15H9BrFN3. The van der Waals surface area contributed by atoms with E-state index in [2.05, 4.69) is 31.1 Å². The molecule has 0 fully saturated rings. The van der Waals surface area contributed by atoms with Gasteiger partial charge in [0.25, 0.3) is 0 Å². The molecule has 1 heterocycles. The van der Waals surface area contributed by atoms with Crippen LogP contribution in [0.2, 0.25) is 0 Å². The lowest BCUT2D eigenvalue weighted by Gasteiger charge is -2.02. The number of benzene rings is 2. The quantitative estimate of drug-likeness (QED) is 0.710. The van der Waals surface area contributed by atoms with Gasteiger partial charge in [0, 0.05) is 15.6 Å². The third-order valence-electron chi connectivity index (χ3n) is 2.80. The molecule has 1 aromatic heterocycles. The van der Waals surface area contributed by atoms with Gasteiger partial charge in [-0.25, -0.2) is 9.37 Å². The van der Waals surface area contributed by atoms with E-state index in [1.165, 1.54) is 12.1 Å². The zero-order valence-corrected chi connectivity index (χ0v) is 11.9. The maximum atomic E-state index is 12.9. The largest absolute Gasteiger partial charge is 0.233 e. The van der Waals surface area contributed by atoms with Crippen molar-refractivity contribution in [3.05, 3.63) is 65.0 Å². The minimum absolute atomic E-state index is 0.284. The highest BCUT2D eigenvalue weighted by Gasteiger charge is 2.05. The maximum absolute atomic E-state index is 12.9. The Balaban J connectivity index is 1.91. The molecule has 20 heavy (non-hydrogen) atoms. The van der Waals surface area contributed by atoms with Crippen LogP contribution in [0.3, 0.4) is 0 Å². The van der Waals surface area contributed by atoms with E-state index < -0.39 is 0 Å². The fraction of sp³-hybridized carbons (Fsp3) is 0. The first-order valence-electron chi connectivity index (χ1n) is 5.94. The van der Waals surface area contributed by atoms with Crippen molar-refractivity contribution in [2.24, 2.45) is 0 Å². The average molecular weight is 330 g/mol. The first-order chi connectivity index (χ1) is 9.72. The van der Waals surface area contributed by atoms with Crippen LogP contribution >= 0.6 is 15.9 Å². The zero-order chi connectivity index (χ0) is 13.9. The van der Waals surface area contributed by atoms with Gasteiger partial charge in [-0.15, -0.1) is 10.2 Å². The Labute approximate surface area is 123 Å². The molecule has 3 aromatic rings. The van der Waals surface area contributed by atoms with Crippen molar-refractivity contribution in [3.8, 4) is 22.6 Å². The summed E-state index contributed by atoms with van der Waals surface area (Å²) in [7, 11) is 0. The minimum Gasteiger partial charge on any atom is -0.233 e. The fourth-order valence-electron chi connectivity index (χ4n) is 1.76. The highest BCUT2D eigenvalue weighted by molar-refractivity contribution is 9.10. The molecule has 0 saturated carbocycles. The van der Waals surface area contributed by atoms with Crippen LogP contribution in [0.25, 0.3) is 22.6 Å². The van der Waals surface area contributed by atoms with Crippen LogP contribution in [0.15, 0.2) is 59.2 Å². The molecule has 0 aliphatic heterocycles. The summed E-state index contributed by atoms with van der Waals surface area (Å²) >= 11 is 3.38. The number of hydrogen-bond donors (Lipinski definition) is 0. The Morgan fingerprint density at radius 2 is 1.45 bits per heavy atom. The normalized spacial score (nSPS) is 10.5. The number of halogens is 2. The van der Waals surface area contributed by atoms with Crippen molar-refractivity contribution in [1.82, 2.24) is 15.2 Å². The van der Waals surface area contributed by atoms with Crippen LogP contribution in [0, 0.1) is 5.82 Å². The predicted molar refractivity (Wildman–Crippen MR) is 78.4 cm³/mol.